The van der Waals surface area contributed by atoms with E-state index in [1.54, 1.807) is 29.6 Å². The molecule has 0 saturated carbocycles. The molecule has 0 radical (unpaired) electrons. The van der Waals surface area contributed by atoms with Crippen molar-refractivity contribution in [2.45, 2.75) is 17.8 Å². The van der Waals surface area contributed by atoms with Crippen molar-refractivity contribution >= 4 is 28.4 Å². The van der Waals surface area contributed by atoms with Crippen molar-refractivity contribution in [2.75, 3.05) is 7.11 Å². The van der Waals surface area contributed by atoms with Crippen LogP contribution >= 0.6 is 11.8 Å². The summed E-state index contributed by atoms with van der Waals surface area (Å²) in [4.78, 5) is 17.7. The molecule has 7 nitrogen and oxygen atoms in total. The number of nitrogens with zero attached hydrogens (tertiary/aromatic N) is 5. The maximum Gasteiger partial charge on any atom is 0.267 e. The predicted molar refractivity (Wildman–Crippen MR) is 121 cm³/mol. The summed E-state index contributed by atoms with van der Waals surface area (Å²) in [5, 5.41) is 10.1. The first-order valence-corrected chi connectivity index (χ1v) is 10.7. The summed E-state index contributed by atoms with van der Waals surface area (Å²) >= 11 is 1.55. The van der Waals surface area contributed by atoms with Crippen molar-refractivity contribution in [2.24, 2.45) is 0 Å². The number of thioether (sulfide) groups is 1. The molecule has 154 valence electrons. The molecule has 0 unspecified atom stereocenters. The van der Waals surface area contributed by atoms with E-state index in [4.69, 9.17) is 4.74 Å². The molecule has 0 atom stereocenters. The summed E-state index contributed by atoms with van der Waals surface area (Å²) in [5.41, 5.74) is 3.34. The molecule has 31 heavy (non-hydrogen) atoms. The van der Waals surface area contributed by atoms with Gasteiger partial charge >= 0.3 is 0 Å². The largest absolute Gasteiger partial charge is 0.495 e. The Kier molecular flexibility index (Phi) is 4.91. The van der Waals surface area contributed by atoms with Gasteiger partial charge in [0.2, 0.25) is 5.78 Å². The molecular weight excluding hydrogens is 410 g/mol. The lowest BCUT2D eigenvalue weighted by atomic mass is 10.2. The predicted octanol–water partition coefficient (Wildman–Crippen LogP) is 4.04. The Bertz CT molecular complexity index is 1460. The Morgan fingerprint density at radius 2 is 1.94 bits per heavy atom. The maximum atomic E-state index is 13.5. The fraction of sp³-hybridized carbons (Fsp3) is 0.130. The zero-order valence-electron chi connectivity index (χ0n) is 17.0. The molecule has 0 amide bonds. The molecule has 5 rings (SSSR count). The highest BCUT2D eigenvalue weighted by atomic mass is 32.2. The molecule has 0 fully saturated rings. The average Bonchev–Trinajstić information content (AvgIpc) is 3.22. The first-order chi connectivity index (χ1) is 15.2. The van der Waals surface area contributed by atoms with Gasteiger partial charge < -0.3 is 4.74 Å². The van der Waals surface area contributed by atoms with Crippen LogP contribution in [0.2, 0.25) is 0 Å². The van der Waals surface area contributed by atoms with Crippen molar-refractivity contribution in [3.8, 4) is 11.4 Å². The third-order valence-corrected chi connectivity index (χ3v) is 6.06. The molecule has 8 heteroatoms. The van der Waals surface area contributed by atoms with Gasteiger partial charge in [0.15, 0.2) is 5.16 Å². The van der Waals surface area contributed by atoms with Crippen LogP contribution in [0.5, 0.6) is 5.75 Å². The molecule has 0 aliphatic rings. The van der Waals surface area contributed by atoms with Crippen LogP contribution in [0, 0.1) is 6.92 Å². The molecule has 2 aromatic carbocycles. The van der Waals surface area contributed by atoms with E-state index in [0.717, 1.165) is 16.6 Å². The van der Waals surface area contributed by atoms with Gasteiger partial charge in [-0.2, -0.15) is 0 Å². The fourth-order valence-electron chi connectivity index (χ4n) is 3.60. The molecule has 0 spiro atoms. The highest BCUT2D eigenvalue weighted by Crippen LogP contribution is 2.28. The molecule has 0 aliphatic carbocycles. The van der Waals surface area contributed by atoms with Gasteiger partial charge in [-0.1, -0.05) is 36.0 Å². The lowest BCUT2D eigenvalue weighted by Crippen LogP contribution is -2.22. The van der Waals surface area contributed by atoms with Crippen LogP contribution in [0.4, 0.5) is 0 Å². The zero-order valence-corrected chi connectivity index (χ0v) is 17.8. The molecule has 0 saturated heterocycles. The first kappa shape index (κ1) is 19.3. The van der Waals surface area contributed by atoms with Crippen LogP contribution < -0.4 is 10.3 Å². The summed E-state index contributed by atoms with van der Waals surface area (Å²) < 4.78 is 9.06. The Morgan fingerprint density at radius 3 is 2.74 bits per heavy atom. The Labute approximate surface area is 182 Å². The smallest absolute Gasteiger partial charge is 0.267 e. The number of methoxy groups -OCH3 is 1. The summed E-state index contributed by atoms with van der Waals surface area (Å²) in [6, 6.07) is 17.2. The van der Waals surface area contributed by atoms with E-state index in [1.165, 1.54) is 0 Å². The quantitative estimate of drug-likeness (QED) is 0.393. The minimum absolute atomic E-state index is 0.164. The number of ether oxygens (including phenoxy) is 1. The first-order valence-electron chi connectivity index (χ1n) is 9.73. The average molecular weight is 430 g/mol. The Balaban J connectivity index is 1.77. The van der Waals surface area contributed by atoms with Crippen LogP contribution in [0.15, 0.2) is 76.9 Å². The van der Waals surface area contributed by atoms with Gasteiger partial charge in [0.25, 0.3) is 5.56 Å². The molecule has 3 aromatic heterocycles. The summed E-state index contributed by atoms with van der Waals surface area (Å²) in [6.07, 6.45) is 3.59. The van der Waals surface area contributed by atoms with Crippen LogP contribution in [-0.2, 0) is 5.75 Å². The van der Waals surface area contributed by atoms with Crippen molar-refractivity contribution < 1.29 is 4.74 Å². The highest BCUT2D eigenvalue weighted by molar-refractivity contribution is 7.98. The Hall–Kier alpha value is -3.65. The summed E-state index contributed by atoms with van der Waals surface area (Å²) in [7, 11) is 1.59. The lowest BCUT2D eigenvalue weighted by Gasteiger charge is -2.14. The topological polar surface area (TPSA) is 74.3 Å². The number of rotatable bonds is 5. The number of benzene rings is 2. The van der Waals surface area contributed by atoms with Crippen LogP contribution in [0.25, 0.3) is 22.4 Å². The van der Waals surface area contributed by atoms with E-state index < -0.39 is 0 Å². The van der Waals surface area contributed by atoms with Gasteiger partial charge in [-0.3, -0.25) is 14.2 Å². The fourth-order valence-corrected chi connectivity index (χ4v) is 4.47. The van der Waals surface area contributed by atoms with Gasteiger partial charge in [0, 0.05) is 18.1 Å². The summed E-state index contributed by atoms with van der Waals surface area (Å²) in [6.45, 7) is 1.98. The van der Waals surface area contributed by atoms with Crippen molar-refractivity contribution in [3.05, 3.63) is 88.5 Å². The van der Waals surface area contributed by atoms with E-state index >= 15 is 0 Å². The Morgan fingerprint density at radius 1 is 1.06 bits per heavy atom. The minimum Gasteiger partial charge on any atom is -0.495 e. The van der Waals surface area contributed by atoms with Gasteiger partial charge in [0.05, 0.1) is 23.7 Å². The second kappa shape index (κ2) is 7.88. The maximum absolute atomic E-state index is 13.5. The normalized spacial score (nSPS) is 11.3. The van der Waals surface area contributed by atoms with E-state index in [0.29, 0.717) is 33.5 Å². The molecule has 0 aliphatic heterocycles. The molecule has 0 bridgehead atoms. The number of hydrogen-bond donors (Lipinski definition) is 0. The number of aryl methyl sites for hydroxylation is 1. The van der Waals surface area contributed by atoms with Gasteiger partial charge in [-0.05, 0) is 48.4 Å². The second-order valence-electron chi connectivity index (χ2n) is 7.10. The van der Waals surface area contributed by atoms with E-state index in [2.05, 4.69) is 15.2 Å². The number of para-hydroxylation sites is 1. The SMILES string of the molecule is COc1ccc(C)cc1-n1c(=O)c2ccccc2n2c(SCc3cccnc3)nnc12. The van der Waals surface area contributed by atoms with Gasteiger partial charge in [-0.25, -0.2) is 4.57 Å². The van der Waals surface area contributed by atoms with Gasteiger partial charge in [0.1, 0.15) is 5.75 Å². The van der Waals surface area contributed by atoms with Crippen LogP contribution in [0.3, 0.4) is 0 Å². The van der Waals surface area contributed by atoms with Gasteiger partial charge in [-0.15, -0.1) is 10.2 Å². The van der Waals surface area contributed by atoms with Crippen molar-refractivity contribution in [1.82, 2.24) is 24.1 Å². The standard InChI is InChI=1S/C23H19N5O2S/c1-15-9-10-20(30-2)19(12-15)27-21(29)17-7-3-4-8-18(17)28-22(27)25-26-23(28)31-14-16-6-5-11-24-13-16/h3-13H,14H2,1-2H3. The number of aromatic nitrogens is 5. The third-order valence-electron chi connectivity index (χ3n) is 5.06. The number of hydrogen-bond acceptors (Lipinski definition) is 6. The molecular formula is C23H19N5O2S. The minimum atomic E-state index is -0.164. The van der Waals surface area contributed by atoms with Crippen molar-refractivity contribution in [1.29, 1.82) is 0 Å². The monoisotopic (exact) mass is 429 g/mol. The molecule has 5 aromatic rings. The number of fused-ring (bicyclic) bond motifs is 3. The van der Waals surface area contributed by atoms with Crippen molar-refractivity contribution in [3.63, 3.8) is 0 Å². The number of pyridine rings is 1. The zero-order chi connectivity index (χ0) is 21.4. The van der Waals surface area contributed by atoms with E-state index in [1.807, 2.05) is 72.1 Å². The third kappa shape index (κ3) is 3.34. The summed E-state index contributed by atoms with van der Waals surface area (Å²) in [5.74, 6) is 1.73. The molecule has 0 N–H and O–H groups in total. The van der Waals surface area contributed by atoms with E-state index in [9.17, 15) is 4.79 Å². The molecule has 3 heterocycles. The second-order valence-corrected chi connectivity index (χ2v) is 8.04. The van der Waals surface area contributed by atoms with Crippen LogP contribution in [0.1, 0.15) is 11.1 Å². The van der Waals surface area contributed by atoms with E-state index in [-0.39, 0.29) is 5.56 Å². The van der Waals surface area contributed by atoms with Crippen LogP contribution in [-0.4, -0.2) is 31.3 Å². The highest BCUT2D eigenvalue weighted by Gasteiger charge is 2.20. The lowest BCUT2D eigenvalue weighted by molar-refractivity contribution is 0.412.